The molecule has 0 spiro atoms. The Bertz CT molecular complexity index is 331. The van der Waals surface area contributed by atoms with E-state index in [1.165, 1.54) is 0 Å². The number of hydrogen-bond acceptors (Lipinski definition) is 3. The Morgan fingerprint density at radius 3 is 2.88 bits per heavy atom. The number of aliphatic hydroxyl groups is 1. The lowest BCUT2D eigenvalue weighted by atomic mass is 10.2. The Kier molecular flexibility index (Phi) is 5.80. The third kappa shape index (κ3) is 4.12. The van der Waals surface area contributed by atoms with Crippen molar-refractivity contribution in [2.75, 3.05) is 20.3 Å². The van der Waals surface area contributed by atoms with Gasteiger partial charge in [0.05, 0.1) is 6.61 Å². The predicted octanol–water partition coefficient (Wildman–Crippen LogP) is 2.18. The van der Waals surface area contributed by atoms with E-state index in [4.69, 9.17) is 9.84 Å². The number of hydrogen-bond donors (Lipinski definition) is 2. The molecule has 1 aromatic rings. The van der Waals surface area contributed by atoms with Crippen molar-refractivity contribution in [1.29, 1.82) is 0 Å². The molecule has 0 aliphatic carbocycles. The smallest absolute Gasteiger partial charge is 0.119 e. The number of rotatable bonds is 6. The van der Waals surface area contributed by atoms with Crippen molar-refractivity contribution < 1.29 is 9.84 Å². The fourth-order valence-electron chi connectivity index (χ4n) is 1.26. The average Bonchev–Trinajstić information content (AvgIpc) is 2.30. The van der Waals surface area contributed by atoms with Crippen LogP contribution in [-0.2, 0) is 6.54 Å². The van der Waals surface area contributed by atoms with Gasteiger partial charge in [-0.1, -0.05) is 22.9 Å². The summed E-state index contributed by atoms with van der Waals surface area (Å²) >= 11 is 3.49. The summed E-state index contributed by atoms with van der Waals surface area (Å²) in [5.74, 6) is 1.00. The monoisotopic (exact) mass is 287 g/mol. The van der Waals surface area contributed by atoms with Crippen molar-refractivity contribution in [1.82, 2.24) is 5.32 Å². The van der Waals surface area contributed by atoms with Crippen LogP contribution >= 0.6 is 15.9 Å². The second-order valence-electron chi connectivity index (χ2n) is 3.88. The first kappa shape index (κ1) is 13.5. The Morgan fingerprint density at radius 1 is 1.50 bits per heavy atom. The fourth-order valence-corrected chi connectivity index (χ4v) is 1.64. The largest absolute Gasteiger partial charge is 0.493 e. The molecule has 0 saturated carbocycles. The van der Waals surface area contributed by atoms with Crippen molar-refractivity contribution in [3.63, 3.8) is 0 Å². The third-order valence-corrected chi connectivity index (χ3v) is 3.00. The van der Waals surface area contributed by atoms with Gasteiger partial charge in [0.1, 0.15) is 5.75 Å². The Balaban J connectivity index is 2.63. The molecule has 0 aliphatic heterocycles. The first-order valence-electron chi connectivity index (χ1n) is 5.34. The Hall–Kier alpha value is -0.580. The lowest BCUT2D eigenvalue weighted by molar-refractivity contribution is 0.174. The molecule has 0 amide bonds. The van der Waals surface area contributed by atoms with Gasteiger partial charge in [-0.3, -0.25) is 0 Å². The van der Waals surface area contributed by atoms with Crippen LogP contribution in [0.4, 0.5) is 0 Å². The van der Waals surface area contributed by atoms with Gasteiger partial charge in [0.15, 0.2) is 0 Å². The molecule has 1 unspecified atom stereocenters. The molecule has 16 heavy (non-hydrogen) atoms. The molecule has 0 bridgehead atoms. The zero-order chi connectivity index (χ0) is 12.0. The molecule has 0 fully saturated rings. The zero-order valence-corrected chi connectivity index (χ0v) is 11.3. The lowest BCUT2D eigenvalue weighted by Gasteiger charge is -2.12. The van der Waals surface area contributed by atoms with Crippen molar-refractivity contribution in [2.24, 2.45) is 5.92 Å². The third-order valence-electron chi connectivity index (χ3n) is 2.23. The lowest BCUT2D eigenvalue weighted by Crippen LogP contribution is -2.12. The summed E-state index contributed by atoms with van der Waals surface area (Å²) in [5.41, 5.74) is 1.16. The maximum absolute atomic E-state index is 8.90. The number of aliphatic hydroxyl groups excluding tert-OH is 1. The van der Waals surface area contributed by atoms with E-state index in [2.05, 4.69) is 21.2 Å². The van der Waals surface area contributed by atoms with Crippen LogP contribution in [0.3, 0.4) is 0 Å². The first-order chi connectivity index (χ1) is 7.67. The van der Waals surface area contributed by atoms with Gasteiger partial charge in [0, 0.05) is 23.5 Å². The van der Waals surface area contributed by atoms with Crippen molar-refractivity contribution in [2.45, 2.75) is 13.5 Å². The van der Waals surface area contributed by atoms with Crippen LogP contribution in [-0.4, -0.2) is 25.4 Å². The summed E-state index contributed by atoms with van der Waals surface area (Å²) in [6.45, 7) is 3.44. The van der Waals surface area contributed by atoms with E-state index in [0.717, 1.165) is 22.3 Å². The molecule has 0 heterocycles. The summed E-state index contributed by atoms with van der Waals surface area (Å²) in [6, 6.07) is 5.91. The number of halogens is 1. The van der Waals surface area contributed by atoms with E-state index < -0.39 is 0 Å². The van der Waals surface area contributed by atoms with E-state index in [-0.39, 0.29) is 12.5 Å². The van der Waals surface area contributed by atoms with Gasteiger partial charge < -0.3 is 15.2 Å². The molecule has 90 valence electrons. The van der Waals surface area contributed by atoms with Gasteiger partial charge in [-0.2, -0.15) is 0 Å². The van der Waals surface area contributed by atoms with Gasteiger partial charge in [0.2, 0.25) is 0 Å². The summed E-state index contributed by atoms with van der Waals surface area (Å²) in [7, 11) is 1.91. The van der Waals surface area contributed by atoms with Crippen LogP contribution in [0.2, 0.25) is 0 Å². The van der Waals surface area contributed by atoms with E-state index in [1.54, 1.807) is 0 Å². The molecule has 3 nitrogen and oxygen atoms in total. The Labute approximate surface area is 105 Å². The normalized spacial score (nSPS) is 12.5. The van der Waals surface area contributed by atoms with E-state index in [9.17, 15) is 0 Å². The summed E-state index contributed by atoms with van der Waals surface area (Å²) < 4.78 is 6.67. The molecular weight excluding hydrogens is 270 g/mol. The fraction of sp³-hybridized carbons (Fsp3) is 0.500. The highest BCUT2D eigenvalue weighted by Crippen LogP contribution is 2.22. The van der Waals surface area contributed by atoms with Crippen LogP contribution in [0, 0.1) is 5.92 Å². The maximum atomic E-state index is 8.90. The van der Waals surface area contributed by atoms with Crippen molar-refractivity contribution in [3.8, 4) is 5.75 Å². The molecule has 0 aromatic heterocycles. The number of benzene rings is 1. The minimum Gasteiger partial charge on any atom is -0.493 e. The summed E-state index contributed by atoms with van der Waals surface area (Å²) in [6.07, 6.45) is 0. The highest BCUT2D eigenvalue weighted by molar-refractivity contribution is 9.10. The molecule has 0 radical (unpaired) electrons. The van der Waals surface area contributed by atoms with Gasteiger partial charge in [-0.25, -0.2) is 0 Å². The van der Waals surface area contributed by atoms with Crippen LogP contribution in [0.1, 0.15) is 12.5 Å². The molecule has 1 aromatic carbocycles. The summed E-state index contributed by atoms with van der Waals surface area (Å²) in [5, 5.41) is 12.0. The molecule has 1 rings (SSSR count). The summed E-state index contributed by atoms with van der Waals surface area (Å²) in [4.78, 5) is 0. The van der Waals surface area contributed by atoms with E-state index >= 15 is 0 Å². The van der Waals surface area contributed by atoms with Gasteiger partial charge >= 0.3 is 0 Å². The van der Waals surface area contributed by atoms with E-state index in [0.29, 0.717) is 6.61 Å². The molecule has 4 heteroatoms. The quantitative estimate of drug-likeness (QED) is 0.843. The first-order valence-corrected chi connectivity index (χ1v) is 6.13. The van der Waals surface area contributed by atoms with Crippen molar-refractivity contribution >= 4 is 15.9 Å². The minimum absolute atomic E-state index is 0.153. The SMILES string of the molecule is CNCc1cc(OCC(C)CO)ccc1Br. The van der Waals surface area contributed by atoms with E-state index in [1.807, 2.05) is 32.2 Å². The molecular formula is C12H18BrNO2. The van der Waals surface area contributed by atoms with Crippen molar-refractivity contribution in [3.05, 3.63) is 28.2 Å². The molecule has 2 N–H and O–H groups in total. The topological polar surface area (TPSA) is 41.5 Å². The van der Waals surface area contributed by atoms with Crippen LogP contribution < -0.4 is 10.1 Å². The maximum Gasteiger partial charge on any atom is 0.119 e. The number of nitrogens with one attached hydrogen (secondary N) is 1. The molecule has 0 aliphatic rings. The standard InChI is InChI=1S/C12H18BrNO2/c1-9(7-15)8-16-11-3-4-12(13)10(5-11)6-14-2/h3-5,9,14-15H,6-8H2,1-2H3. The predicted molar refractivity (Wildman–Crippen MR) is 68.7 cm³/mol. The molecule has 0 saturated heterocycles. The minimum atomic E-state index is 0.153. The average molecular weight is 288 g/mol. The highest BCUT2D eigenvalue weighted by atomic mass is 79.9. The zero-order valence-electron chi connectivity index (χ0n) is 9.66. The van der Waals surface area contributed by atoms with Gasteiger partial charge in [0.25, 0.3) is 0 Å². The van der Waals surface area contributed by atoms with Crippen LogP contribution in [0.25, 0.3) is 0 Å². The molecule has 1 atom stereocenters. The Morgan fingerprint density at radius 2 is 2.25 bits per heavy atom. The van der Waals surface area contributed by atoms with Gasteiger partial charge in [-0.15, -0.1) is 0 Å². The van der Waals surface area contributed by atoms with Crippen LogP contribution in [0.5, 0.6) is 5.75 Å². The number of ether oxygens (including phenoxy) is 1. The second kappa shape index (κ2) is 6.89. The second-order valence-corrected chi connectivity index (χ2v) is 4.74. The van der Waals surface area contributed by atoms with Gasteiger partial charge in [-0.05, 0) is 30.8 Å². The highest BCUT2D eigenvalue weighted by Gasteiger charge is 2.04. The van der Waals surface area contributed by atoms with Crippen LogP contribution in [0.15, 0.2) is 22.7 Å².